The Balaban J connectivity index is 1.59. The quantitative estimate of drug-likeness (QED) is 0.837. The fourth-order valence-corrected chi connectivity index (χ4v) is 4.21. The van der Waals surface area contributed by atoms with Crippen LogP contribution in [-0.4, -0.2) is 59.2 Å². The normalized spacial score (nSPS) is 17.9. The molecular formula is C19H27N3O2S. The van der Waals surface area contributed by atoms with E-state index in [4.69, 9.17) is 0 Å². The molecule has 0 aromatic heterocycles. The van der Waals surface area contributed by atoms with Crippen molar-refractivity contribution in [1.29, 1.82) is 0 Å². The molecule has 2 aliphatic rings. The predicted molar refractivity (Wildman–Crippen MR) is 101 cm³/mol. The molecule has 0 bridgehead atoms. The molecule has 0 spiro atoms. The second kappa shape index (κ2) is 7.28. The molecule has 1 N–H and O–H groups in total. The van der Waals surface area contributed by atoms with Crippen LogP contribution in [0.25, 0.3) is 0 Å². The number of fused-ring (bicyclic) bond motifs is 1. The lowest BCUT2D eigenvalue weighted by Gasteiger charge is -2.36. The first kappa shape index (κ1) is 18.1. The number of hydrogen-bond acceptors (Lipinski definition) is 3. The van der Waals surface area contributed by atoms with Gasteiger partial charge in [0.05, 0.1) is 0 Å². The van der Waals surface area contributed by atoms with E-state index in [0.717, 1.165) is 12.0 Å². The van der Waals surface area contributed by atoms with Gasteiger partial charge in [0.25, 0.3) is 5.91 Å². The average molecular weight is 362 g/mol. The van der Waals surface area contributed by atoms with Crippen LogP contribution in [0.5, 0.6) is 0 Å². The zero-order chi connectivity index (χ0) is 18.0. The molecule has 136 valence electrons. The molecule has 6 heteroatoms. The van der Waals surface area contributed by atoms with Gasteiger partial charge in [-0.3, -0.25) is 4.79 Å². The summed E-state index contributed by atoms with van der Waals surface area (Å²) in [4.78, 5) is 30.0. The van der Waals surface area contributed by atoms with Gasteiger partial charge < -0.3 is 15.1 Å². The SMILES string of the molecule is CC(C)(C)NC(=O)N1CCN(C(=O)c2ccc3c(c2)CCCS3)CC1. The van der Waals surface area contributed by atoms with Gasteiger partial charge in [0, 0.05) is 42.2 Å². The zero-order valence-corrected chi connectivity index (χ0v) is 16.1. The van der Waals surface area contributed by atoms with Gasteiger partial charge in [-0.15, -0.1) is 11.8 Å². The molecule has 3 rings (SSSR count). The molecule has 3 amide bonds. The van der Waals surface area contributed by atoms with Crippen LogP contribution in [-0.2, 0) is 6.42 Å². The van der Waals surface area contributed by atoms with Gasteiger partial charge >= 0.3 is 6.03 Å². The maximum atomic E-state index is 12.8. The molecule has 5 nitrogen and oxygen atoms in total. The van der Waals surface area contributed by atoms with Crippen LogP contribution in [0.3, 0.4) is 0 Å². The number of nitrogens with one attached hydrogen (secondary N) is 1. The second-order valence-electron chi connectivity index (χ2n) is 7.73. The highest BCUT2D eigenvalue weighted by Crippen LogP contribution is 2.30. The summed E-state index contributed by atoms with van der Waals surface area (Å²) < 4.78 is 0. The Bertz CT molecular complexity index is 661. The first-order valence-electron chi connectivity index (χ1n) is 8.95. The summed E-state index contributed by atoms with van der Waals surface area (Å²) in [5.41, 5.74) is 1.82. The monoisotopic (exact) mass is 361 g/mol. The molecule has 0 aliphatic carbocycles. The lowest BCUT2D eigenvalue weighted by atomic mass is 10.1. The molecular weight excluding hydrogens is 334 g/mol. The van der Waals surface area contributed by atoms with Gasteiger partial charge in [0.15, 0.2) is 0 Å². The number of piperazine rings is 1. The minimum absolute atomic E-state index is 0.0506. The van der Waals surface area contributed by atoms with Crippen molar-refractivity contribution >= 4 is 23.7 Å². The minimum Gasteiger partial charge on any atom is -0.335 e. The number of amides is 3. The standard InChI is InChI=1S/C19H27N3O2S/c1-19(2,3)20-18(24)22-10-8-21(9-11-22)17(23)15-6-7-16-14(13-15)5-4-12-25-16/h6-7,13H,4-5,8-12H2,1-3H3,(H,20,24). The summed E-state index contributed by atoms with van der Waals surface area (Å²) >= 11 is 1.88. The van der Waals surface area contributed by atoms with E-state index in [1.807, 2.05) is 43.5 Å². The topological polar surface area (TPSA) is 52.7 Å². The molecule has 2 aliphatic heterocycles. The Labute approximate surface area is 154 Å². The van der Waals surface area contributed by atoms with Gasteiger partial charge in [0.2, 0.25) is 0 Å². The number of hydrogen-bond donors (Lipinski definition) is 1. The van der Waals surface area contributed by atoms with Crippen molar-refractivity contribution < 1.29 is 9.59 Å². The number of benzene rings is 1. The van der Waals surface area contributed by atoms with Crippen molar-refractivity contribution in [3.63, 3.8) is 0 Å². The number of carbonyl (C=O) groups excluding carboxylic acids is 2. The first-order valence-corrected chi connectivity index (χ1v) is 9.94. The van der Waals surface area contributed by atoms with Crippen molar-refractivity contribution in [2.45, 2.75) is 44.0 Å². The molecule has 0 saturated carbocycles. The fraction of sp³-hybridized carbons (Fsp3) is 0.579. The summed E-state index contributed by atoms with van der Waals surface area (Å²) in [5, 5.41) is 2.98. The molecule has 2 heterocycles. The second-order valence-corrected chi connectivity index (χ2v) is 8.87. The van der Waals surface area contributed by atoms with E-state index in [1.165, 1.54) is 22.6 Å². The molecule has 25 heavy (non-hydrogen) atoms. The molecule has 0 radical (unpaired) electrons. The van der Waals surface area contributed by atoms with Crippen LogP contribution in [0.1, 0.15) is 43.1 Å². The van der Waals surface area contributed by atoms with E-state index >= 15 is 0 Å². The zero-order valence-electron chi connectivity index (χ0n) is 15.3. The summed E-state index contributed by atoms with van der Waals surface area (Å²) in [7, 11) is 0. The summed E-state index contributed by atoms with van der Waals surface area (Å²) in [6.07, 6.45) is 2.24. The summed E-state index contributed by atoms with van der Waals surface area (Å²) in [6.45, 7) is 8.24. The third-order valence-corrected chi connectivity index (χ3v) is 5.69. The lowest BCUT2D eigenvalue weighted by molar-refractivity contribution is 0.0661. The van der Waals surface area contributed by atoms with Gasteiger partial charge in [-0.25, -0.2) is 4.79 Å². The number of carbonyl (C=O) groups is 2. The van der Waals surface area contributed by atoms with Crippen molar-refractivity contribution in [2.75, 3.05) is 31.9 Å². The van der Waals surface area contributed by atoms with Crippen LogP contribution >= 0.6 is 11.8 Å². The van der Waals surface area contributed by atoms with Crippen LogP contribution < -0.4 is 5.32 Å². The van der Waals surface area contributed by atoms with Crippen molar-refractivity contribution in [2.24, 2.45) is 0 Å². The lowest BCUT2D eigenvalue weighted by Crippen LogP contribution is -2.56. The van der Waals surface area contributed by atoms with E-state index in [1.54, 1.807) is 4.90 Å². The number of nitrogens with zero attached hydrogens (tertiary/aromatic N) is 2. The van der Waals surface area contributed by atoms with E-state index in [9.17, 15) is 9.59 Å². The van der Waals surface area contributed by atoms with E-state index < -0.39 is 0 Å². The Morgan fingerprint density at radius 1 is 1.08 bits per heavy atom. The van der Waals surface area contributed by atoms with Crippen LogP contribution in [0.15, 0.2) is 23.1 Å². The van der Waals surface area contributed by atoms with E-state index in [0.29, 0.717) is 26.2 Å². The van der Waals surface area contributed by atoms with E-state index in [2.05, 4.69) is 17.4 Å². The Hall–Kier alpha value is -1.69. The van der Waals surface area contributed by atoms with Crippen molar-refractivity contribution in [3.05, 3.63) is 29.3 Å². The van der Waals surface area contributed by atoms with Gasteiger partial charge in [-0.2, -0.15) is 0 Å². The first-order chi connectivity index (χ1) is 11.8. The molecule has 1 aromatic rings. The average Bonchev–Trinajstić information content (AvgIpc) is 2.59. The Morgan fingerprint density at radius 3 is 2.44 bits per heavy atom. The highest BCUT2D eigenvalue weighted by Gasteiger charge is 2.27. The largest absolute Gasteiger partial charge is 0.335 e. The number of urea groups is 1. The highest BCUT2D eigenvalue weighted by molar-refractivity contribution is 7.99. The number of rotatable bonds is 1. The van der Waals surface area contributed by atoms with Crippen molar-refractivity contribution in [1.82, 2.24) is 15.1 Å². The molecule has 0 unspecified atom stereocenters. The fourth-order valence-electron chi connectivity index (χ4n) is 3.19. The van der Waals surface area contributed by atoms with Crippen molar-refractivity contribution in [3.8, 4) is 0 Å². The smallest absolute Gasteiger partial charge is 0.317 e. The van der Waals surface area contributed by atoms with Crippen LogP contribution in [0, 0.1) is 0 Å². The van der Waals surface area contributed by atoms with Crippen LogP contribution in [0.4, 0.5) is 4.79 Å². The number of thioether (sulfide) groups is 1. The predicted octanol–water partition coefficient (Wildman–Crippen LogP) is 2.99. The Morgan fingerprint density at radius 2 is 1.76 bits per heavy atom. The number of aryl methyl sites for hydroxylation is 1. The maximum absolute atomic E-state index is 12.8. The summed E-state index contributed by atoms with van der Waals surface area (Å²) in [5.74, 6) is 1.24. The van der Waals surface area contributed by atoms with Gasteiger partial charge in [-0.1, -0.05) is 0 Å². The summed E-state index contributed by atoms with van der Waals surface area (Å²) in [6, 6.07) is 6.03. The third-order valence-electron chi connectivity index (χ3n) is 4.49. The molecule has 1 fully saturated rings. The van der Waals surface area contributed by atoms with Gasteiger partial charge in [-0.05, 0) is 63.1 Å². The highest BCUT2D eigenvalue weighted by atomic mass is 32.2. The minimum atomic E-state index is -0.245. The molecule has 0 atom stereocenters. The maximum Gasteiger partial charge on any atom is 0.317 e. The van der Waals surface area contributed by atoms with E-state index in [-0.39, 0.29) is 17.5 Å². The molecule has 1 saturated heterocycles. The van der Waals surface area contributed by atoms with Crippen LogP contribution in [0.2, 0.25) is 0 Å². The Kier molecular flexibility index (Phi) is 5.27. The molecule has 1 aromatic carbocycles. The third kappa shape index (κ3) is 4.48. The van der Waals surface area contributed by atoms with Gasteiger partial charge in [0.1, 0.15) is 0 Å².